The zero-order valence-corrected chi connectivity index (χ0v) is 15.8. The number of rotatable bonds is 2. The molecule has 142 valence electrons. The third-order valence-corrected chi connectivity index (χ3v) is 5.56. The van der Waals surface area contributed by atoms with Gasteiger partial charge in [-0.15, -0.1) is 0 Å². The van der Waals surface area contributed by atoms with Gasteiger partial charge < -0.3 is 4.74 Å². The fraction of sp³-hybridized carbons (Fsp3) is 0.300. The van der Waals surface area contributed by atoms with Gasteiger partial charge in [-0.1, -0.05) is 0 Å². The summed E-state index contributed by atoms with van der Waals surface area (Å²) in [6.45, 7) is 6.61. The van der Waals surface area contributed by atoms with E-state index in [-0.39, 0.29) is 17.5 Å². The maximum absolute atomic E-state index is 13.5. The molecule has 0 fully saturated rings. The van der Waals surface area contributed by atoms with E-state index in [4.69, 9.17) is 9.84 Å². The Balaban J connectivity index is 1.82. The van der Waals surface area contributed by atoms with E-state index in [1.165, 1.54) is 12.3 Å². The van der Waals surface area contributed by atoms with Crippen LogP contribution in [0.25, 0.3) is 33.5 Å². The average molecular weight is 378 g/mol. The van der Waals surface area contributed by atoms with Crippen molar-refractivity contribution < 1.29 is 9.13 Å². The standard InChI is InChI=1S/C20H19FN6O/c1-11-20(2,3)28-10-16-17(13-6-7-22-19-14(13)9-24-25-19)18(26-27(11)16)15-5-4-12(21)8-23-15/h4-9,11H,10H2,1-3H3,(H,22,24,25)/t11-/m1/s1. The molecule has 7 nitrogen and oxygen atoms in total. The number of ether oxygens (including phenoxy) is 1. The van der Waals surface area contributed by atoms with Crippen molar-refractivity contribution >= 4 is 11.0 Å². The first-order valence-electron chi connectivity index (χ1n) is 9.11. The minimum absolute atomic E-state index is 0.0193. The fourth-order valence-corrected chi connectivity index (χ4v) is 3.64. The normalized spacial score (nSPS) is 18.4. The molecule has 0 saturated carbocycles. The van der Waals surface area contributed by atoms with Crippen LogP contribution in [0.15, 0.2) is 36.8 Å². The Labute approximate surface area is 160 Å². The molecule has 28 heavy (non-hydrogen) atoms. The van der Waals surface area contributed by atoms with Crippen molar-refractivity contribution in [2.45, 2.75) is 39.0 Å². The summed E-state index contributed by atoms with van der Waals surface area (Å²) in [5.41, 5.74) is 4.45. The van der Waals surface area contributed by atoms with Crippen molar-refractivity contribution in [1.29, 1.82) is 0 Å². The summed E-state index contributed by atoms with van der Waals surface area (Å²) >= 11 is 0. The quantitative estimate of drug-likeness (QED) is 0.572. The van der Waals surface area contributed by atoms with Crippen LogP contribution in [0.3, 0.4) is 0 Å². The van der Waals surface area contributed by atoms with Gasteiger partial charge in [0.1, 0.15) is 11.5 Å². The van der Waals surface area contributed by atoms with Crippen LogP contribution >= 0.6 is 0 Å². The first-order chi connectivity index (χ1) is 13.5. The third-order valence-electron chi connectivity index (χ3n) is 5.56. The molecule has 0 saturated heterocycles. The average Bonchev–Trinajstić information content (AvgIpc) is 3.30. The van der Waals surface area contributed by atoms with Gasteiger partial charge in [-0.05, 0) is 39.0 Å². The smallest absolute Gasteiger partial charge is 0.155 e. The zero-order chi connectivity index (χ0) is 19.5. The molecule has 0 spiro atoms. The predicted octanol–water partition coefficient (Wildman–Crippen LogP) is 3.89. The largest absolute Gasteiger partial charge is 0.367 e. The zero-order valence-electron chi connectivity index (χ0n) is 15.8. The molecule has 4 aromatic rings. The van der Waals surface area contributed by atoms with Crippen LogP contribution in [0.5, 0.6) is 0 Å². The SMILES string of the molecule is C[C@H]1n2nc(-c3ccc(F)cn3)c(-c3ccnc4[nH]ncc34)c2COC1(C)C. The second kappa shape index (κ2) is 5.93. The van der Waals surface area contributed by atoms with Gasteiger partial charge in [-0.3, -0.25) is 14.8 Å². The Bertz CT molecular complexity index is 1180. The van der Waals surface area contributed by atoms with E-state index in [1.54, 1.807) is 18.5 Å². The van der Waals surface area contributed by atoms with Gasteiger partial charge >= 0.3 is 0 Å². The van der Waals surface area contributed by atoms with Crippen LogP contribution in [-0.4, -0.2) is 35.5 Å². The first kappa shape index (κ1) is 17.0. The maximum atomic E-state index is 13.5. The molecule has 1 aliphatic rings. The number of pyridine rings is 2. The minimum Gasteiger partial charge on any atom is -0.367 e. The van der Waals surface area contributed by atoms with Crippen molar-refractivity contribution in [3.05, 3.63) is 48.3 Å². The molecule has 5 rings (SSSR count). The number of halogens is 1. The molecule has 0 radical (unpaired) electrons. The van der Waals surface area contributed by atoms with E-state index in [2.05, 4.69) is 40.9 Å². The number of nitrogens with one attached hydrogen (secondary N) is 1. The van der Waals surface area contributed by atoms with Crippen molar-refractivity contribution in [1.82, 2.24) is 29.9 Å². The van der Waals surface area contributed by atoms with Crippen LogP contribution < -0.4 is 0 Å². The van der Waals surface area contributed by atoms with Gasteiger partial charge in [0.25, 0.3) is 0 Å². The summed E-state index contributed by atoms with van der Waals surface area (Å²) in [6, 6.07) is 5.00. The van der Waals surface area contributed by atoms with E-state index < -0.39 is 0 Å². The maximum Gasteiger partial charge on any atom is 0.155 e. The summed E-state index contributed by atoms with van der Waals surface area (Å²) in [7, 11) is 0. The molecule has 1 aliphatic heterocycles. The Morgan fingerprint density at radius 3 is 2.86 bits per heavy atom. The number of hydrogen-bond donors (Lipinski definition) is 1. The highest BCUT2D eigenvalue weighted by Crippen LogP contribution is 2.42. The molecule has 0 amide bonds. The molecule has 0 aromatic carbocycles. The number of fused-ring (bicyclic) bond motifs is 2. The van der Waals surface area contributed by atoms with Crippen molar-refractivity contribution in [2.24, 2.45) is 0 Å². The monoisotopic (exact) mass is 378 g/mol. The number of aromatic nitrogens is 6. The molecular formula is C20H19FN6O. The molecule has 0 unspecified atom stereocenters. The van der Waals surface area contributed by atoms with Gasteiger partial charge in [0.05, 0.1) is 42.0 Å². The molecule has 1 N–H and O–H groups in total. The van der Waals surface area contributed by atoms with Gasteiger partial charge in [0, 0.05) is 22.7 Å². The van der Waals surface area contributed by atoms with Crippen molar-refractivity contribution in [3.8, 4) is 22.5 Å². The van der Waals surface area contributed by atoms with Crippen LogP contribution in [0.1, 0.15) is 32.5 Å². The highest BCUT2D eigenvalue weighted by molar-refractivity contribution is 5.97. The second-order valence-electron chi connectivity index (χ2n) is 7.54. The lowest BCUT2D eigenvalue weighted by Crippen LogP contribution is -2.40. The molecule has 0 bridgehead atoms. The Hall–Kier alpha value is -3.13. The minimum atomic E-state index is -0.381. The lowest BCUT2D eigenvalue weighted by Gasteiger charge is -2.37. The topological polar surface area (TPSA) is 81.5 Å². The van der Waals surface area contributed by atoms with E-state index in [0.29, 0.717) is 23.6 Å². The first-order valence-corrected chi connectivity index (χ1v) is 9.11. The fourth-order valence-electron chi connectivity index (χ4n) is 3.64. The summed E-state index contributed by atoms with van der Waals surface area (Å²) in [6.07, 6.45) is 4.70. The van der Waals surface area contributed by atoms with Crippen LogP contribution in [0.2, 0.25) is 0 Å². The third kappa shape index (κ3) is 2.45. The summed E-state index contributed by atoms with van der Waals surface area (Å²) in [4.78, 5) is 8.61. The summed E-state index contributed by atoms with van der Waals surface area (Å²) in [5, 5.41) is 12.8. The highest BCUT2D eigenvalue weighted by atomic mass is 19.1. The van der Waals surface area contributed by atoms with Gasteiger partial charge in [-0.25, -0.2) is 9.37 Å². The number of H-pyrrole nitrogens is 1. The highest BCUT2D eigenvalue weighted by Gasteiger charge is 2.38. The van der Waals surface area contributed by atoms with E-state index in [1.807, 2.05) is 10.7 Å². The molecule has 8 heteroatoms. The van der Waals surface area contributed by atoms with Crippen molar-refractivity contribution in [2.75, 3.05) is 0 Å². The van der Waals surface area contributed by atoms with E-state index in [0.717, 1.165) is 22.2 Å². The summed E-state index contributed by atoms with van der Waals surface area (Å²) < 4.78 is 21.6. The summed E-state index contributed by atoms with van der Waals surface area (Å²) in [5.74, 6) is -0.381. The lowest BCUT2D eigenvalue weighted by atomic mass is 9.95. The molecule has 0 aliphatic carbocycles. The van der Waals surface area contributed by atoms with E-state index >= 15 is 0 Å². The Morgan fingerprint density at radius 1 is 1.21 bits per heavy atom. The van der Waals surface area contributed by atoms with Crippen LogP contribution in [-0.2, 0) is 11.3 Å². The Morgan fingerprint density at radius 2 is 2.07 bits per heavy atom. The second-order valence-corrected chi connectivity index (χ2v) is 7.54. The molecule has 5 heterocycles. The Kier molecular flexibility index (Phi) is 3.60. The number of hydrogen-bond acceptors (Lipinski definition) is 5. The molecule has 4 aromatic heterocycles. The predicted molar refractivity (Wildman–Crippen MR) is 102 cm³/mol. The number of aromatic amines is 1. The van der Waals surface area contributed by atoms with Crippen molar-refractivity contribution in [3.63, 3.8) is 0 Å². The molecular weight excluding hydrogens is 359 g/mol. The van der Waals surface area contributed by atoms with Gasteiger partial charge in [0.15, 0.2) is 5.65 Å². The van der Waals surface area contributed by atoms with Gasteiger partial charge in [0.2, 0.25) is 0 Å². The van der Waals surface area contributed by atoms with E-state index in [9.17, 15) is 4.39 Å². The van der Waals surface area contributed by atoms with Crippen LogP contribution in [0, 0.1) is 5.82 Å². The van der Waals surface area contributed by atoms with Crippen LogP contribution in [0.4, 0.5) is 4.39 Å². The van der Waals surface area contributed by atoms with Gasteiger partial charge in [-0.2, -0.15) is 10.2 Å². The lowest BCUT2D eigenvalue weighted by molar-refractivity contribution is -0.0883. The number of nitrogens with zero attached hydrogens (tertiary/aromatic N) is 5. The molecule has 1 atom stereocenters.